The molecule has 1 amide bonds. The third kappa shape index (κ3) is 4.15. The number of amides is 1. The highest BCUT2D eigenvalue weighted by atomic mass is 32.2. The van der Waals surface area contributed by atoms with E-state index in [9.17, 15) is 18.0 Å². The highest BCUT2D eigenvalue weighted by Gasteiger charge is 2.32. The molecule has 0 spiro atoms. The smallest absolute Gasteiger partial charge is 0.243 e. The van der Waals surface area contributed by atoms with E-state index in [0.717, 1.165) is 22.3 Å². The summed E-state index contributed by atoms with van der Waals surface area (Å²) >= 11 is 0. The molecule has 1 aliphatic heterocycles. The molecule has 0 N–H and O–H groups in total. The van der Waals surface area contributed by atoms with Gasteiger partial charge in [0.25, 0.3) is 0 Å². The van der Waals surface area contributed by atoms with Crippen LogP contribution in [0.4, 0.5) is 0 Å². The molecule has 0 atom stereocenters. The van der Waals surface area contributed by atoms with Crippen molar-refractivity contribution >= 4 is 21.7 Å². The molecular weight excluding hydrogens is 352 g/mol. The molecule has 1 saturated heterocycles. The van der Waals surface area contributed by atoms with Crippen molar-refractivity contribution in [3.63, 3.8) is 0 Å². The Morgan fingerprint density at radius 1 is 0.923 bits per heavy atom. The molecule has 1 heterocycles. The Kier molecular flexibility index (Phi) is 6.24. The van der Waals surface area contributed by atoms with Gasteiger partial charge in [-0.15, -0.1) is 0 Å². The van der Waals surface area contributed by atoms with Crippen LogP contribution in [0.25, 0.3) is 0 Å². The molecule has 0 unspecified atom stereocenters. The predicted octanol–water partition coefficient (Wildman–Crippen LogP) is 2.12. The van der Waals surface area contributed by atoms with Crippen LogP contribution in [0.2, 0.25) is 0 Å². The van der Waals surface area contributed by atoms with Crippen molar-refractivity contribution in [2.24, 2.45) is 0 Å². The zero-order valence-electron chi connectivity index (χ0n) is 16.3. The number of piperazine rings is 1. The Balaban J connectivity index is 2.17. The lowest BCUT2D eigenvalue weighted by molar-refractivity contribution is -0.134. The minimum absolute atomic E-state index is 0.0136. The molecule has 144 valence electrons. The molecule has 1 aromatic rings. The van der Waals surface area contributed by atoms with Crippen molar-refractivity contribution in [3.8, 4) is 0 Å². The van der Waals surface area contributed by atoms with Crippen molar-refractivity contribution in [1.29, 1.82) is 0 Å². The fraction of sp³-hybridized carbons (Fsp3) is 0.579. The van der Waals surface area contributed by atoms with E-state index >= 15 is 0 Å². The summed E-state index contributed by atoms with van der Waals surface area (Å²) in [6.07, 6.45) is 0.426. The van der Waals surface area contributed by atoms with Crippen molar-refractivity contribution in [2.45, 2.75) is 52.4 Å². The molecule has 0 aliphatic carbocycles. The predicted molar refractivity (Wildman–Crippen MR) is 101 cm³/mol. The normalized spacial score (nSPS) is 16.0. The van der Waals surface area contributed by atoms with Gasteiger partial charge in [0.05, 0.1) is 4.90 Å². The second-order valence-corrected chi connectivity index (χ2v) is 8.95. The highest BCUT2D eigenvalue weighted by molar-refractivity contribution is 7.89. The molecule has 0 aromatic heterocycles. The van der Waals surface area contributed by atoms with Gasteiger partial charge in [-0.25, -0.2) is 8.42 Å². The average molecular weight is 381 g/mol. The molecule has 0 radical (unpaired) electrons. The van der Waals surface area contributed by atoms with E-state index in [1.807, 2.05) is 33.8 Å². The fourth-order valence-electron chi connectivity index (χ4n) is 3.32. The first-order valence-corrected chi connectivity index (χ1v) is 10.3. The van der Waals surface area contributed by atoms with Gasteiger partial charge >= 0.3 is 0 Å². The van der Waals surface area contributed by atoms with E-state index in [4.69, 9.17) is 0 Å². The summed E-state index contributed by atoms with van der Waals surface area (Å²) in [4.78, 5) is 25.2. The summed E-state index contributed by atoms with van der Waals surface area (Å²) in [6.45, 7) is 10.3. The maximum atomic E-state index is 13.2. The fourth-order valence-corrected chi connectivity index (χ4v) is 5.31. The molecule has 2 rings (SSSR count). The van der Waals surface area contributed by atoms with Gasteiger partial charge in [0.15, 0.2) is 0 Å². The number of carbonyl (C=O) groups excluding carboxylic acids is 2. The molecular formula is C19H28N2O4S. The largest absolute Gasteiger partial charge is 0.340 e. The zero-order chi connectivity index (χ0) is 19.6. The summed E-state index contributed by atoms with van der Waals surface area (Å²) in [6, 6.07) is 2.01. The summed E-state index contributed by atoms with van der Waals surface area (Å²) in [7, 11) is -3.60. The average Bonchev–Trinajstić information content (AvgIpc) is 2.58. The monoisotopic (exact) mass is 380 g/mol. The Hall–Kier alpha value is -1.73. The van der Waals surface area contributed by atoms with Crippen LogP contribution in [-0.4, -0.2) is 55.5 Å². The minimum atomic E-state index is -3.60. The first-order valence-electron chi connectivity index (χ1n) is 8.90. The molecule has 26 heavy (non-hydrogen) atoms. The van der Waals surface area contributed by atoms with Crippen molar-refractivity contribution < 1.29 is 18.0 Å². The van der Waals surface area contributed by atoms with Gasteiger partial charge in [0.1, 0.15) is 5.78 Å². The van der Waals surface area contributed by atoms with Gasteiger partial charge < -0.3 is 9.69 Å². The number of aryl methyl sites for hydroxylation is 2. The standard InChI is InChI=1S/C19H28N2O4S/c1-13-12-14(2)17(5)19(16(13)4)26(24,25)21-10-8-20(9-11-21)18(23)7-6-15(3)22/h12H,6-11H2,1-5H3. The SMILES string of the molecule is CC(=O)CCC(=O)N1CCN(S(=O)(=O)c2c(C)c(C)cc(C)c2C)CC1. The maximum absolute atomic E-state index is 13.2. The summed E-state index contributed by atoms with van der Waals surface area (Å²) in [5, 5.41) is 0. The first kappa shape index (κ1) is 20.6. The number of carbonyl (C=O) groups is 2. The maximum Gasteiger partial charge on any atom is 0.243 e. The molecule has 6 nitrogen and oxygen atoms in total. The Morgan fingerprint density at radius 3 is 1.88 bits per heavy atom. The van der Waals surface area contributed by atoms with E-state index in [-0.39, 0.29) is 37.6 Å². The molecule has 0 bridgehead atoms. The van der Waals surface area contributed by atoms with Crippen LogP contribution in [0.3, 0.4) is 0 Å². The molecule has 7 heteroatoms. The van der Waals surface area contributed by atoms with E-state index in [2.05, 4.69) is 0 Å². The van der Waals surface area contributed by atoms with E-state index in [1.165, 1.54) is 11.2 Å². The van der Waals surface area contributed by atoms with Crippen LogP contribution < -0.4 is 0 Å². The number of benzene rings is 1. The molecule has 1 aromatic carbocycles. The van der Waals surface area contributed by atoms with E-state index in [1.54, 1.807) is 4.90 Å². The van der Waals surface area contributed by atoms with Gasteiger partial charge in [-0.1, -0.05) is 6.07 Å². The number of nitrogens with zero attached hydrogens (tertiary/aromatic N) is 2. The van der Waals surface area contributed by atoms with E-state index in [0.29, 0.717) is 18.0 Å². The molecule has 1 aliphatic rings. The topological polar surface area (TPSA) is 74.8 Å². The van der Waals surface area contributed by atoms with Gasteiger partial charge in [0, 0.05) is 39.0 Å². The minimum Gasteiger partial charge on any atom is -0.340 e. The summed E-state index contributed by atoms with van der Waals surface area (Å²) in [5.74, 6) is -0.101. The molecule has 0 saturated carbocycles. The van der Waals surface area contributed by atoms with Crippen LogP contribution in [0.5, 0.6) is 0 Å². The quantitative estimate of drug-likeness (QED) is 0.784. The third-order valence-corrected chi connectivity index (χ3v) is 7.35. The van der Waals surface area contributed by atoms with Crippen LogP contribution in [0.15, 0.2) is 11.0 Å². The van der Waals surface area contributed by atoms with Gasteiger partial charge in [-0.2, -0.15) is 4.31 Å². The highest BCUT2D eigenvalue weighted by Crippen LogP contribution is 2.29. The number of ketones is 1. The van der Waals surface area contributed by atoms with Gasteiger partial charge in [-0.3, -0.25) is 4.79 Å². The number of sulfonamides is 1. The van der Waals surface area contributed by atoms with Crippen LogP contribution in [0, 0.1) is 27.7 Å². The Morgan fingerprint density at radius 2 is 1.42 bits per heavy atom. The lowest BCUT2D eigenvalue weighted by Crippen LogP contribution is -2.50. The van der Waals surface area contributed by atoms with Crippen LogP contribution >= 0.6 is 0 Å². The van der Waals surface area contributed by atoms with Gasteiger partial charge in [0.2, 0.25) is 15.9 Å². The van der Waals surface area contributed by atoms with E-state index < -0.39 is 10.0 Å². The number of Topliss-reactive ketones (excluding diaryl/α,β-unsaturated/α-hetero) is 1. The second-order valence-electron chi connectivity index (χ2n) is 7.08. The number of rotatable bonds is 5. The van der Waals surface area contributed by atoms with Crippen LogP contribution in [-0.2, 0) is 19.6 Å². The van der Waals surface area contributed by atoms with Gasteiger partial charge in [-0.05, 0) is 56.9 Å². The third-order valence-electron chi connectivity index (χ3n) is 5.18. The second kappa shape index (κ2) is 7.88. The summed E-state index contributed by atoms with van der Waals surface area (Å²) < 4.78 is 27.9. The van der Waals surface area contributed by atoms with Crippen molar-refractivity contribution in [3.05, 3.63) is 28.3 Å². The summed E-state index contributed by atoms with van der Waals surface area (Å²) in [5.41, 5.74) is 3.50. The Labute approximate surface area is 156 Å². The Bertz CT molecular complexity index is 796. The van der Waals surface area contributed by atoms with Crippen molar-refractivity contribution in [1.82, 2.24) is 9.21 Å². The zero-order valence-corrected chi connectivity index (χ0v) is 17.1. The van der Waals surface area contributed by atoms with Crippen LogP contribution in [0.1, 0.15) is 42.0 Å². The number of hydrogen-bond donors (Lipinski definition) is 0. The number of hydrogen-bond acceptors (Lipinski definition) is 4. The first-order chi connectivity index (χ1) is 12.1. The lowest BCUT2D eigenvalue weighted by atomic mass is 10.0. The molecule has 1 fully saturated rings. The van der Waals surface area contributed by atoms with Crippen molar-refractivity contribution in [2.75, 3.05) is 26.2 Å². The lowest BCUT2D eigenvalue weighted by Gasteiger charge is -2.34.